The molecule has 1 aliphatic carbocycles. The van der Waals surface area contributed by atoms with Gasteiger partial charge in [0, 0.05) is 43.6 Å². The van der Waals surface area contributed by atoms with E-state index in [1.807, 2.05) is 19.1 Å². The van der Waals surface area contributed by atoms with Crippen molar-refractivity contribution in [3.8, 4) is 5.75 Å². The summed E-state index contributed by atoms with van der Waals surface area (Å²) in [4.78, 5) is 7.03. The summed E-state index contributed by atoms with van der Waals surface area (Å²) < 4.78 is 5.30. The lowest BCUT2D eigenvalue weighted by Gasteiger charge is -2.37. The molecule has 0 amide bonds. The highest BCUT2D eigenvalue weighted by atomic mass is 16.5. The van der Waals surface area contributed by atoms with Gasteiger partial charge in [0.05, 0.1) is 12.8 Å². The van der Waals surface area contributed by atoms with E-state index in [1.54, 1.807) is 7.11 Å². The van der Waals surface area contributed by atoms with Gasteiger partial charge in [-0.3, -0.25) is 9.88 Å². The number of nitrogens with zero attached hydrogens (tertiary/aromatic N) is 2. The van der Waals surface area contributed by atoms with Crippen LogP contribution >= 0.6 is 0 Å². The van der Waals surface area contributed by atoms with Crippen LogP contribution in [0.3, 0.4) is 0 Å². The summed E-state index contributed by atoms with van der Waals surface area (Å²) in [6.07, 6.45) is 4.70. The lowest BCUT2D eigenvalue weighted by molar-refractivity contribution is 0.108. The molecular formula is C15H24N2O2. The number of hydrogen-bond donors (Lipinski definition) is 1. The first-order valence-electron chi connectivity index (χ1n) is 7.09. The van der Waals surface area contributed by atoms with Gasteiger partial charge in [0.25, 0.3) is 0 Å². The molecule has 1 aromatic heterocycles. The smallest absolute Gasteiger partial charge is 0.122 e. The molecule has 2 rings (SSSR count). The van der Waals surface area contributed by atoms with Crippen LogP contribution in [0.15, 0.2) is 12.1 Å². The van der Waals surface area contributed by atoms with Crippen LogP contribution in [0.2, 0.25) is 0 Å². The molecule has 1 fully saturated rings. The number of rotatable bonds is 7. The van der Waals surface area contributed by atoms with E-state index in [0.717, 1.165) is 36.6 Å². The molecule has 0 radical (unpaired) electrons. The maximum absolute atomic E-state index is 9.02. The van der Waals surface area contributed by atoms with Gasteiger partial charge in [0.2, 0.25) is 0 Å². The lowest BCUT2D eigenvalue weighted by Crippen LogP contribution is -2.40. The van der Waals surface area contributed by atoms with Crippen molar-refractivity contribution in [2.45, 2.75) is 45.2 Å². The molecule has 0 aliphatic heterocycles. The Morgan fingerprint density at radius 3 is 2.79 bits per heavy atom. The lowest BCUT2D eigenvalue weighted by atomic mass is 9.91. The molecule has 0 atom stereocenters. The molecule has 1 heterocycles. The Hall–Kier alpha value is -1.13. The number of aliphatic hydroxyl groups excluding tert-OH is 1. The zero-order valence-electron chi connectivity index (χ0n) is 11.9. The first-order chi connectivity index (χ1) is 9.22. The third-order valence-corrected chi connectivity index (χ3v) is 3.78. The van der Waals surface area contributed by atoms with Crippen LogP contribution in [0.5, 0.6) is 5.75 Å². The summed E-state index contributed by atoms with van der Waals surface area (Å²) in [5.74, 6) is 0.873. The second kappa shape index (κ2) is 6.87. The molecule has 1 aliphatic rings. The van der Waals surface area contributed by atoms with Crippen molar-refractivity contribution in [2.24, 2.45) is 0 Å². The van der Waals surface area contributed by atoms with Crippen LogP contribution in [-0.4, -0.2) is 41.3 Å². The largest absolute Gasteiger partial charge is 0.497 e. The minimum Gasteiger partial charge on any atom is -0.497 e. The minimum absolute atomic E-state index is 0.258. The van der Waals surface area contributed by atoms with Gasteiger partial charge >= 0.3 is 0 Å². The Morgan fingerprint density at radius 1 is 1.42 bits per heavy atom. The molecule has 0 bridgehead atoms. The van der Waals surface area contributed by atoms with E-state index in [0.29, 0.717) is 6.04 Å². The van der Waals surface area contributed by atoms with E-state index in [9.17, 15) is 0 Å². The van der Waals surface area contributed by atoms with Crippen molar-refractivity contribution in [2.75, 3.05) is 20.3 Å². The highest BCUT2D eigenvalue weighted by molar-refractivity contribution is 5.26. The number of aromatic nitrogens is 1. The fraction of sp³-hybridized carbons (Fsp3) is 0.667. The SMILES string of the molecule is COc1cc(C)nc(CN(CCCO)C2CCC2)c1. The number of aryl methyl sites for hydroxylation is 1. The predicted octanol–water partition coefficient (Wildman–Crippen LogP) is 2.14. The summed E-state index contributed by atoms with van der Waals surface area (Å²) in [6.45, 7) is 4.04. The highest BCUT2D eigenvalue weighted by Crippen LogP contribution is 2.26. The van der Waals surface area contributed by atoms with Gasteiger partial charge in [0.15, 0.2) is 0 Å². The van der Waals surface area contributed by atoms with E-state index in [-0.39, 0.29) is 6.61 Å². The Kier molecular flexibility index (Phi) is 5.16. The quantitative estimate of drug-likeness (QED) is 0.819. The van der Waals surface area contributed by atoms with Crippen molar-refractivity contribution in [3.05, 3.63) is 23.5 Å². The van der Waals surface area contributed by atoms with E-state index in [1.165, 1.54) is 19.3 Å². The van der Waals surface area contributed by atoms with Gasteiger partial charge in [-0.1, -0.05) is 6.42 Å². The third-order valence-electron chi connectivity index (χ3n) is 3.78. The number of hydrogen-bond acceptors (Lipinski definition) is 4. The van der Waals surface area contributed by atoms with Crippen LogP contribution in [-0.2, 0) is 6.54 Å². The second-order valence-electron chi connectivity index (χ2n) is 5.27. The zero-order valence-corrected chi connectivity index (χ0v) is 11.9. The van der Waals surface area contributed by atoms with Crippen LogP contribution in [0.25, 0.3) is 0 Å². The molecule has 0 spiro atoms. The summed E-state index contributed by atoms with van der Waals surface area (Å²) in [7, 11) is 1.69. The Morgan fingerprint density at radius 2 is 2.21 bits per heavy atom. The maximum Gasteiger partial charge on any atom is 0.122 e. The summed E-state index contributed by atoms with van der Waals surface area (Å²) >= 11 is 0. The minimum atomic E-state index is 0.258. The molecule has 4 heteroatoms. The number of pyridine rings is 1. The topological polar surface area (TPSA) is 45.6 Å². The second-order valence-corrected chi connectivity index (χ2v) is 5.27. The average Bonchev–Trinajstić information content (AvgIpc) is 2.33. The molecule has 106 valence electrons. The molecule has 1 N–H and O–H groups in total. The Labute approximate surface area is 115 Å². The molecule has 4 nitrogen and oxygen atoms in total. The average molecular weight is 264 g/mol. The molecule has 1 saturated carbocycles. The Bertz CT molecular complexity index is 405. The standard InChI is InChI=1S/C15H24N2O2/c1-12-9-15(19-2)10-13(16-12)11-17(7-4-8-18)14-5-3-6-14/h9-10,14,18H,3-8,11H2,1-2H3. The zero-order chi connectivity index (χ0) is 13.7. The van der Waals surface area contributed by atoms with Crippen LogP contribution in [0, 0.1) is 6.92 Å². The molecule has 0 unspecified atom stereocenters. The molecule has 0 aromatic carbocycles. The first-order valence-corrected chi connectivity index (χ1v) is 7.09. The summed E-state index contributed by atoms with van der Waals surface area (Å²) in [5, 5.41) is 9.02. The van der Waals surface area contributed by atoms with Crippen molar-refractivity contribution in [1.82, 2.24) is 9.88 Å². The van der Waals surface area contributed by atoms with Crippen molar-refractivity contribution in [3.63, 3.8) is 0 Å². The van der Waals surface area contributed by atoms with E-state index >= 15 is 0 Å². The third kappa shape index (κ3) is 3.91. The van der Waals surface area contributed by atoms with Crippen molar-refractivity contribution < 1.29 is 9.84 Å². The normalized spacial score (nSPS) is 15.6. The van der Waals surface area contributed by atoms with Crippen molar-refractivity contribution in [1.29, 1.82) is 0 Å². The van der Waals surface area contributed by atoms with E-state index in [4.69, 9.17) is 9.84 Å². The van der Waals surface area contributed by atoms with Gasteiger partial charge in [-0.05, 0) is 26.2 Å². The van der Waals surface area contributed by atoms with Gasteiger partial charge in [-0.25, -0.2) is 0 Å². The van der Waals surface area contributed by atoms with Crippen LogP contribution in [0.4, 0.5) is 0 Å². The monoisotopic (exact) mass is 264 g/mol. The molecule has 19 heavy (non-hydrogen) atoms. The first kappa shape index (κ1) is 14.3. The van der Waals surface area contributed by atoms with Crippen LogP contribution in [0.1, 0.15) is 37.1 Å². The summed E-state index contributed by atoms with van der Waals surface area (Å²) in [5.41, 5.74) is 2.05. The van der Waals surface area contributed by atoms with Gasteiger partial charge < -0.3 is 9.84 Å². The maximum atomic E-state index is 9.02. The fourth-order valence-corrected chi connectivity index (χ4v) is 2.53. The Balaban J connectivity index is 2.04. The highest BCUT2D eigenvalue weighted by Gasteiger charge is 2.24. The molecular weight excluding hydrogens is 240 g/mol. The van der Waals surface area contributed by atoms with E-state index in [2.05, 4.69) is 9.88 Å². The summed E-state index contributed by atoms with van der Waals surface area (Å²) in [6, 6.07) is 4.63. The number of ether oxygens (including phenoxy) is 1. The van der Waals surface area contributed by atoms with E-state index < -0.39 is 0 Å². The van der Waals surface area contributed by atoms with Gasteiger partial charge in [-0.2, -0.15) is 0 Å². The van der Waals surface area contributed by atoms with Crippen molar-refractivity contribution >= 4 is 0 Å². The van der Waals surface area contributed by atoms with Crippen LogP contribution < -0.4 is 4.74 Å². The molecule has 0 saturated heterocycles. The fourth-order valence-electron chi connectivity index (χ4n) is 2.53. The molecule has 1 aromatic rings. The predicted molar refractivity (Wildman–Crippen MR) is 75.3 cm³/mol. The number of methoxy groups -OCH3 is 1. The number of aliphatic hydroxyl groups is 1. The van der Waals surface area contributed by atoms with Gasteiger partial charge in [-0.15, -0.1) is 0 Å². The van der Waals surface area contributed by atoms with Gasteiger partial charge in [0.1, 0.15) is 5.75 Å².